The van der Waals surface area contributed by atoms with Crippen LogP contribution < -0.4 is 5.32 Å². The molecule has 0 aliphatic rings. The largest absolute Gasteiger partial charge is 0.349 e. The summed E-state index contributed by atoms with van der Waals surface area (Å²) in [6, 6.07) is 27.8. The minimum Gasteiger partial charge on any atom is -0.349 e. The van der Waals surface area contributed by atoms with Crippen LogP contribution in [-0.2, 0) is 13.1 Å². The Balaban J connectivity index is 1.49. The molecule has 38 heavy (non-hydrogen) atoms. The Hall–Kier alpha value is -3.39. The first-order chi connectivity index (χ1) is 18.5. The van der Waals surface area contributed by atoms with Gasteiger partial charge < -0.3 is 10.2 Å². The lowest BCUT2D eigenvalue weighted by Crippen LogP contribution is -2.31. The van der Waals surface area contributed by atoms with Crippen LogP contribution in [0, 0.1) is 5.82 Å². The summed E-state index contributed by atoms with van der Waals surface area (Å²) in [4.78, 5) is 21.5. The number of carbonyl (C=O) groups is 1. The van der Waals surface area contributed by atoms with Crippen molar-refractivity contribution in [3.63, 3.8) is 0 Å². The van der Waals surface area contributed by atoms with E-state index in [0.717, 1.165) is 30.1 Å². The number of thiazole rings is 1. The molecule has 1 heterocycles. The highest BCUT2D eigenvalue weighted by molar-refractivity contribution is 7.09. The predicted octanol–water partition coefficient (Wildman–Crippen LogP) is 5.80. The SMILES string of the molecule is CN(C)CCNC(=O)c1csc(CN(CCC(c2ccccc2)c2ccccc2)Cc2ccc(F)cc2)n1. The van der Waals surface area contributed by atoms with E-state index < -0.39 is 0 Å². The summed E-state index contributed by atoms with van der Waals surface area (Å²) >= 11 is 1.50. The lowest BCUT2D eigenvalue weighted by Gasteiger charge is -2.25. The lowest BCUT2D eigenvalue weighted by molar-refractivity contribution is 0.0946. The van der Waals surface area contributed by atoms with Crippen molar-refractivity contribution < 1.29 is 9.18 Å². The monoisotopic (exact) mass is 530 g/mol. The minimum atomic E-state index is -0.238. The molecule has 7 heteroatoms. The molecule has 3 aromatic carbocycles. The standard InChI is InChI=1S/C31H35FN4OS/c1-35(2)20-18-33-31(37)29-23-38-30(34-29)22-36(21-24-13-15-27(32)16-14-24)19-17-28(25-9-5-3-6-10-25)26-11-7-4-8-12-26/h3-16,23,28H,17-22H2,1-2H3,(H,33,37). The van der Waals surface area contributed by atoms with E-state index in [1.807, 2.05) is 48.6 Å². The van der Waals surface area contributed by atoms with Gasteiger partial charge in [-0.3, -0.25) is 9.69 Å². The van der Waals surface area contributed by atoms with Crippen molar-refractivity contribution >= 4 is 17.2 Å². The zero-order valence-corrected chi connectivity index (χ0v) is 22.8. The van der Waals surface area contributed by atoms with Crippen molar-refractivity contribution in [2.24, 2.45) is 0 Å². The first-order valence-electron chi connectivity index (χ1n) is 12.9. The van der Waals surface area contributed by atoms with Gasteiger partial charge in [-0.25, -0.2) is 9.37 Å². The number of nitrogens with one attached hydrogen (secondary N) is 1. The van der Waals surface area contributed by atoms with E-state index in [1.54, 1.807) is 0 Å². The molecule has 1 amide bonds. The van der Waals surface area contributed by atoms with E-state index in [0.29, 0.717) is 25.3 Å². The molecule has 0 fully saturated rings. The van der Waals surface area contributed by atoms with Crippen molar-refractivity contribution in [2.75, 3.05) is 33.7 Å². The fourth-order valence-electron chi connectivity index (χ4n) is 4.43. The maximum Gasteiger partial charge on any atom is 0.270 e. The zero-order chi connectivity index (χ0) is 26.7. The van der Waals surface area contributed by atoms with Crippen LogP contribution in [0.3, 0.4) is 0 Å². The second-order valence-corrected chi connectivity index (χ2v) is 10.6. The molecule has 0 aliphatic carbocycles. The number of hydrogen-bond acceptors (Lipinski definition) is 5. The minimum absolute atomic E-state index is 0.146. The van der Waals surface area contributed by atoms with Gasteiger partial charge in [0.1, 0.15) is 16.5 Å². The van der Waals surface area contributed by atoms with Crippen LogP contribution in [0.1, 0.15) is 44.5 Å². The van der Waals surface area contributed by atoms with E-state index in [2.05, 4.69) is 63.7 Å². The third-order valence-electron chi connectivity index (χ3n) is 6.45. The van der Waals surface area contributed by atoms with Crippen LogP contribution in [0.4, 0.5) is 4.39 Å². The normalized spacial score (nSPS) is 11.4. The second kappa shape index (κ2) is 14.0. The van der Waals surface area contributed by atoms with E-state index >= 15 is 0 Å². The van der Waals surface area contributed by atoms with Crippen molar-refractivity contribution in [1.82, 2.24) is 20.1 Å². The van der Waals surface area contributed by atoms with E-state index in [9.17, 15) is 9.18 Å². The Morgan fingerprint density at radius 1 is 0.895 bits per heavy atom. The molecule has 0 saturated heterocycles. The van der Waals surface area contributed by atoms with Crippen LogP contribution >= 0.6 is 11.3 Å². The van der Waals surface area contributed by atoms with Gasteiger partial charge in [0.2, 0.25) is 0 Å². The molecular weight excluding hydrogens is 495 g/mol. The summed E-state index contributed by atoms with van der Waals surface area (Å²) < 4.78 is 13.5. The molecule has 198 valence electrons. The highest BCUT2D eigenvalue weighted by atomic mass is 32.1. The van der Waals surface area contributed by atoms with Crippen LogP contribution in [0.15, 0.2) is 90.3 Å². The summed E-state index contributed by atoms with van der Waals surface area (Å²) in [5.41, 5.74) is 4.07. The fourth-order valence-corrected chi connectivity index (χ4v) is 5.25. The van der Waals surface area contributed by atoms with Crippen LogP contribution in [0.2, 0.25) is 0 Å². The van der Waals surface area contributed by atoms with Crippen molar-refractivity contribution in [3.05, 3.63) is 124 Å². The maximum absolute atomic E-state index is 13.5. The number of halogens is 1. The average molecular weight is 531 g/mol. The van der Waals surface area contributed by atoms with E-state index in [-0.39, 0.29) is 17.6 Å². The number of benzene rings is 3. The molecule has 1 aromatic heterocycles. The van der Waals surface area contributed by atoms with E-state index in [4.69, 9.17) is 0 Å². The summed E-state index contributed by atoms with van der Waals surface area (Å²) in [6.07, 6.45) is 0.915. The molecule has 5 nitrogen and oxygen atoms in total. The molecule has 1 N–H and O–H groups in total. The Morgan fingerprint density at radius 2 is 1.53 bits per heavy atom. The van der Waals surface area contributed by atoms with Gasteiger partial charge in [-0.15, -0.1) is 11.3 Å². The molecule has 0 atom stereocenters. The van der Waals surface area contributed by atoms with Crippen molar-refractivity contribution in [2.45, 2.75) is 25.4 Å². The Bertz CT molecular complexity index is 1220. The first kappa shape index (κ1) is 27.6. The zero-order valence-electron chi connectivity index (χ0n) is 22.0. The smallest absolute Gasteiger partial charge is 0.270 e. The highest BCUT2D eigenvalue weighted by Crippen LogP contribution is 2.29. The van der Waals surface area contributed by atoms with Gasteiger partial charge in [0, 0.05) is 30.9 Å². The number of amides is 1. The topological polar surface area (TPSA) is 48.5 Å². The molecule has 0 bridgehead atoms. The van der Waals surface area contributed by atoms with Gasteiger partial charge in [0.25, 0.3) is 5.91 Å². The molecule has 4 rings (SSSR count). The van der Waals surface area contributed by atoms with Gasteiger partial charge in [0.15, 0.2) is 0 Å². The molecule has 0 spiro atoms. The average Bonchev–Trinajstić information content (AvgIpc) is 3.39. The summed E-state index contributed by atoms with van der Waals surface area (Å²) in [5, 5.41) is 5.65. The van der Waals surface area contributed by atoms with Gasteiger partial charge in [0.05, 0.1) is 6.54 Å². The molecule has 4 aromatic rings. The van der Waals surface area contributed by atoms with Gasteiger partial charge in [-0.2, -0.15) is 0 Å². The van der Waals surface area contributed by atoms with Crippen LogP contribution in [0.25, 0.3) is 0 Å². The van der Waals surface area contributed by atoms with Crippen LogP contribution in [-0.4, -0.2) is 54.4 Å². The fraction of sp³-hybridized carbons (Fsp3) is 0.290. The molecular formula is C31H35FN4OS. The number of likely N-dealkylation sites (N-methyl/N-ethyl adjacent to an activating group) is 1. The predicted molar refractivity (Wildman–Crippen MR) is 153 cm³/mol. The summed E-state index contributed by atoms with van der Waals surface area (Å²) in [7, 11) is 3.95. The number of aromatic nitrogens is 1. The second-order valence-electron chi connectivity index (χ2n) is 9.69. The Labute approximate surface area is 229 Å². The number of carbonyl (C=O) groups excluding carboxylic acids is 1. The third-order valence-corrected chi connectivity index (χ3v) is 7.28. The molecule has 0 aliphatic heterocycles. The molecule has 0 unspecified atom stereocenters. The van der Waals surface area contributed by atoms with Gasteiger partial charge >= 0.3 is 0 Å². The van der Waals surface area contributed by atoms with Crippen molar-refractivity contribution in [3.8, 4) is 0 Å². The quantitative estimate of drug-likeness (QED) is 0.237. The first-order valence-corrected chi connectivity index (χ1v) is 13.8. The summed E-state index contributed by atoms with van der Waals surface area (Å²) in [6.45, 7) is 3.45. The maximum atomic E-state index is 13.5. The number of nitrogens with zero attached hydrogens (tertiary/aromatic N) is 3. The van der Waals surface area contributed by atoms with Gasteiger partial charge in [-0.05, 0) is 55.9 Å². The number of hydrogen-bond donors (Lipinski definition) is 1. The van der Waals surface area contributed by atoms with E-state index in [1.165, 1.54) is 34.6 Å². The van der Waals surface area contributed by atoms with Gasteiger partial charge in [-0.1, -0.05) is 72.8 Å². The third kappa shape index (κ3) is 8.31. The lowest BCUT2D eigenvalue weighted by atomic mass is 9.88. The Kier molecular flexibility index (Phi) is 10.1. The summed E-state index contributed by atoms with van der Waals surface area (Å²) in [5.74, 6) is -0.131. The van der Waals surface area contributed by atoms with Crippen LogP contribution in [0.5, 0.6) is 0 Å². The molecule has 0 radical (unpaired) electrons. The molecule has 0 saturated carbocycles. The highest BCUT2D eigenvalue weighted by Gasteiger charge is 2.18. The van der Waals surface area contributed by atoms with Crippen molar-refractivity contribution in [1.29, 1.82) is 0 Å². The number of rotatable bonds is 13. The Morgan fingerprint density at radius 3 is 2.13 bits per heavy atom.